The van der Waals surface area contributed by atoms with E-state index in [-0.39, 0.29) is 0 Å². The summed E-state index contributed by atoms with van der Waals surface area (Å²) < 4.78 is 5.33. The maximum absolute atomic E-state index is 5.33. The van der Waals surface area contributed by atoms with Gasteiger partial charge in [0.2, 0.25) is 5.88 Å². The number of aromatic nitrogens is 1. The molecule has 4 heteroatoms. The minimum Gasteiger partial charge on any atom is -0.481 e. The van der Waals surface area contributed by atoms with Crippen LogP contribution >= 0.6 is 0 Å². The van der Waals surface area contributed by atoms with E-state index < -0.39 is 0 Å². The zero-order valence-corrected chi connectivity index (χ0v) is 12.1. The molecular weight excluding hydrogens is 238 g/mol. The van der Waals surface area contributed by atoms with E-state index in [9.17, 15) is 0 Å². The fraction of sp³-hybridized carbons (Fsp3) is 0.667. The number of rotatable bonds is 6. The van der Waals surface area contributed by atoms with Crippen LogP contribution in [0.1, 0.15) is 25.3 Å². The zero-order valence-electron chi connectivity index (χ0n) is 12.1. The van der Waals surface area contributed by atoms with E-state index in [4.69, 9.17) is 4.74 Å². The summed E-state index contributed by atoms with van der Waals surface area (Å²) in [6, 6.07) is 4.09. The molecule has 1 aliphatic rings. The molecule has 0 bridgehead atoms. The van der Waals surface area contributed by atoms with Crippen molar-refractivity contribution in [3.05, 3.63) is 23.9 Å². The third-order valence-electron chi connectivity index (χ3n) is 3.72. The highest BCUT2D eigenvalue weighted by molar-refractivity contribution is 5.25. The van der Waals surface area contributed by atoms with Crippen LogP contribution in [0, 0.1) is 5.92 Å². The molecule has 106 valence electrons. The summed E-state index contributed by atoms with van der Waals surface area (Å²) in [7, 11) is 1.69. The van der Waals surface area contributed by atoms with E-state index >= 15 is 0 Å². The first-order valence-corrected chi connectivity index (χ1v) is 7.24. The number of nitrogens with zero attached hydrogens (tertiary/aromatic N) is 2. The molecule has 2 rings (SSSR count). The van der Waals surface area contributed by atoms with E-state index in [1.807, 2.05) is 6.07 Å². The van der Waals surface area contributed by atoms with Crippen molar-refractivity contribution in [3.63, 3.8) is 0 Å². The summed E-state index contributed by atoms with van der Waals surface area (Å²) in [5.74, 6) is 1.53. The molecule has 0 radical (unpaired) electrons. The lowest BCUT2D eigenvalue weighted by atomic mass is 9.97. The molecule has 0 aliphatic carbocycles. The molecule has 1 saturated heterocycles. The predicted octanol–water partition coefficient (Wildman–Crippen LogP) is 1.91. The molecule has 0 amide bonds. The van der Waals surface area contributed by atoms with Crippen molar-refractivity contribution in [1.29, 1.82) is 0 Å². The molecule has 1 N–H and O–H groups in total. The molecule has 1 aromatic heterocycles. The molecule has 4 nitrogen and oxygen atoms in total. The van der Waals surface area contributed by atoms with Crippen LogP contribution in [0.3, 0.4) is 0 Å². The lowest BCUT2D eigenvalue weighted by Gasteiger charge is -2.33. The van der Waals surface area contributed by atoms with Crippen molar-refractivity contribution in [2.75, 3.05) is 33.3 Å². The Kier molecular flexibility index (Phi) is 5.61. The summed E-state index contributed by atoms with van der Waals surface area (Å²) in [6.07, 6.45) is 4.42. The third kappa shape index (κ3) is 4.18. The molecule has 1 aromatic rings. The van der Waals surface area contributed by atoms with Gasteiger partial charge >= 0.3 is 0 Å². The van der Waals surface area contributed by atoms with Crippen LogP contribution in [0.5, 0.6) is 5.88 Å². The molecule has 0 saturated carbocycles. The van der Waals surface area contributed by atoms with Gasteiger partial charge in [0.05, 0.1) is 7.11 Å². The average molecular weight is 263 g/mol. The molecule has 19 heavy (non-hydrogen) atoms. The topological polar surface area (TPSA) is 37.4 Å². The maximum Gasteiger partial charge on any atom is 0.217 e. The predicted molar refractivity (Wildman–Crippen MR) is 77.3 cm³/mol. The molecular formula is C15H25N3O. The summed E-state index contributed by atoms with van der Waals surface area (Å²) in [4.78, 5) is 6.79. The van der Waals surface area contributed by atoms with Gasteiger partial charge in [0.15, 0.2) is 0 Å². The number of likely N-dealkylation sites (tertiary alicyclic amines) is 1. The Bertz CT molecular complexity index is 383. The summed E-state index contributed by atoms with van der Waals surface area (Å²) in [5.41, 5.74) is 1.19. The highest BCUT2D eigenvalue weighted by atomic mass is 16.5. The molecule has 1 fully saturated rings. The Morgan fingerprint density at radius 1 is 1.53 bits per heavy atom. The van der Waals surface area contributed by atoms with Gasteiger partial charge in [-0.3, -0.25) is 4.90 Å². The van der Waals surface area contributed by atoms with E-state index in [0.29, 0.717) is 0 Å². The van der Waals surface area contributed by atoms with Gasteiger partial charge in [0, 0.05) is 24.8 Å². The standard InChI is InChI=1S/C15H25N3O/c1-3-16-10-13-6-5-9-18(11-13)12-14-7-4-8-17-15(14)19-2/h4,7-8,13,16H,3,5-6,9-12H2,1-2H3. The third-order valence-corrected chi connectivity index (χ3v) is 3.72. The van der Waals surface area contributed by atoms with E-state index in [1.54, 1.807) is 13.3 Å². The Balaban J connectivity index is 1.91. The van der Waals surface area contributed by atoms with Gasteiger partial charge in [-0.15, -0.1) is 0 Å². The summed E-state index contributed by atoms with van der Waals surface area (Å²) in [5, 5.41) is 3.46. The number of nitrogens with one attached hydrogen (secondary N) is 1. The number of ether oxygens (including phenoxy) is 1. The fourth-order valence-corrected chi connectivity index (χ4v) is 2.78. The van der Waals surface area contributed by atoms with Crippen LogP contribution in [0.25, 0.3) is 0 Å². The first-order chi connectivity index (χ1) is 9.33. The van der Waals surface area contributed by atoms with Crippen LogP contribution in [-0.2, 0) is 6.54 Å². The van der Waals surface area contributed by atoms with Crippen molar-refractivity contribution < 1.29 is 4.74 Å². The van der Waals surface area contributed by atoms with Crippen molar-refractivity contribution in [2.45, 2.75) is 26.3 Å². The molecule has 1 atom stereocenters. The van der Waals surface area contributed by atoms with Crippen LogP contribution in [-0.4, -0.2) is 43.2 Å². The second-order valence-electron chi connectivity index (χ2n) is 5.22. The Morgan fingerprint density at radius 2 is 2.42 bits per heavy atom. The zero-order chi connectivity index (χ0) is 13.5. The fourth-order valence-electron chi connectivity index (χ4n) is 2.78. The first-order valence-electron chi connectivity index (χ1n) is 7.24. The number of piperidine rings is 1. The minimum atomic E-state index is 0.760. The van der Waals surface area contributed by atoms with Crippen molar-refractivity contribution in [1.82, 2.24) is 15.2 Å². The number of hydrogen-bond donors (Lipinski definition) is 1. The lowest BCUT2D eigenvalue weighted by molar-refractivity contribution is 0.164. The molecule has 0 spiro atoms. The smallest absolute Gasteiger partial charge is 0.217 e. The van der Waals surface area contributed by atoms with Crippen molar-refractivity contribution in [2.24, 2.45) is 5.92 Å². The molecule has 1 aliphatic heterocycles. The second kappa shape index (κ2) is 7.46. The van der Waals surface area contributed by atoms with Crippen LogP contribution in [0.15, 0.2) is 18.3 Å². The van der Waals surface area contributed by atoms with Gasteiger partial charge in [0.25, 0.3) is 0 Å². The van der Waals surface area contributed by atoms with Gasteiger partial charge in [-0.05, 0) is 44.5 Å². The van der Waals surface area contributed by atoms with Crippen LogP contribution in [0.4, 0.5) is 0 Å². The van der Waals surface area contributed by atoms with Gasteiger partial charge < -0.3 is 10.1 Å². The molecule has 1 unspecified atom stereocenters. The maximum atomic E-state index is 5.33. The van der Waals surface area contributed by atoms with Gasteiger partial charge in [0.1, 0.15) is 0 Å². The Morgan fingerprint density at radius 3 is 3.21 bits per heavy atom. The second-order valence-corrected chi connectivity index (χ2v) is 5.22. The minimum absolute atomic E-state index is 0.760. The van der Waals surface area contributed by atoms with E-state index in [1.165, 1.54) is 31.5 Å². The number of pyridine rings is 1. The van der Waals surface area contributed by atoms with Gasteiger partial charge in [-0.25, -0.2) is 4.98 Å². The number of hydrogen-bond acceptors (Lipinski definition) is 4. The SMILES string of the molecule is CCNCC1CCCN(Cc2cccnc2OC)C1. The Labute approximate surface area is 116 Å². The number of methoxy groups -OCH3 is 1. The molecule has 2 heterocycles. The van der Waals surface area contributed by atoms with Gasteiger partial charge in [-0.1, -0.05) is 13.0 Å². The summed E-state index contributed by atoms with van der Waals surface area (Å²) in [6.45, 7) is 7.66. The monoisotopic (exact) mass is 263 g/mol. The van der Waals surface area contributed by atoms with Gasteiger partial charge in [-0.2, -0.15) is 0 Å². The van der Waals surface area contributed by atoms with Crippen LogP contribution < -0.4 is 10.1 Å². The van der Waals surface area contributed by atoms with Crippen molar-refractivity contribution in [3.8, 4) is 5.88 Å². The van der Waals surface area contributed by atoms with E-state index in [0.717, 1.165) is 31.4 Å². The highest BCUT2D eigenvalue weighted by Gasteiger charge is 2.20. The van der Waals surface area contributed by atoms with E-state index in [2.05, 4.69) is 28.2 Å². The Hall–Kier alpha value is -1.13. The lowest BCUT2D eigenvalue weighted by Crippen LogP contribution is -2.39. The highest BCUT2D eigenvalue weighted by Crippen LogP contribution is 2.21. The largest absolute Gasteiger partial charge is 0.481 e. The average Bonchev–Trinajstić information content (AvgIpc) is 2.46. The quantitative estimate of drug-likeness (QED) is 0.851. The first kappa shape index (κ1) is 14.3. The normalized spacial score (nSPS) is 20.4. The molecule has 0 aromatic carbocycles. The van der Waals surface area contributed by atoms with Crippen LogP contribution in [0.2, 0.25) is 0 Å². The van der Waals surface area contributed by atoms with Crippen molar-refractivity contribution >= 4 is 0 Å². The summed E-state index contributed by atoms with van der Waals surface area (Å²) >= 11 is 0.